The number of amides is 1. The number of aromatic nitrogens is 2. The van der Waals surface area contributed by atoms with Gasteiger partial charge in [-0.25, -0.2) is 4.98 Å². The second-order valence-corrected chi connectivity index (χ2v) is 8.66. The van der Waals surface area contributed by atoms with Crippen molar-refractivity contribution in [3.05, 3.63) is 92.0 Å². The number of methoxy groups -OCH3 is 1. The number of hydrogen-bond acceptors (Lipinski definition) is 4. The maximum Gasteiger partial charge on any atom is 0.266 e. The molecule has 0 saturated carbocycles. The fraction of sp³-hybridized carbons (Fsp3) is 0.0800. The highest BCUT2D eigenvalue weighted by Crippen LogP contribution is 2.36. The molecule has 32 heavy (non-hydrogen) atoms. The van der Waals surface area contributed by atoms with E-state index in [4.69, 9.17) is 9.72 Å². The standard InChI is InChI=1S/C25H18IN3O3/c1-28-22-6-4-3-5-18(22)19(24(28)30)14-23-27-21-12-7-15(26)13-20(21)25(31)29(23)16-8-10-17(32-2)11-9-16/h3-14H,1-2H3/b19-14+. The summed E-state index contributed by atoms with van der Waals surface area (Å²) in [6.45, 7) is 0. The first-order valence-electron chi connectivity index (χ1n) is 9.94. The SMILES string of the molecule is COc1ccc(-n2c(/C=C3/C(=O)N(C)c4ccccc43)nc3ccc(I)cc3c2=O)cc1. The van der Waals surface area contributed by atoms with Gasteiger partial charge in [-0.2, -0.15) is 0 Å². The molecule has 0 fully saturated rings. The summed E-state index contributed by atoms with van der Waals surface area (Å²) < 4.78 is 7.75. The summed E-state index contributed by atoms with van der Waals surface area (Å²) in [4.78, 5) is 33.0. The largest absolute Gasteiger partial charge is 0.497 e. The fourth-order valence-electron chi connectivity index (χ4n) is 3.92. The third-order valence-corrected chi connectivity index (χ3v) is 6.22. The molecule has 0 N–H and O–H groups in total. The molecular weight excluding hydrogens is 517 g/mol. The van der Waals surface area contributed by atoms with Gasteiger partial charge in [-0.3, -0.25) is 14.2 Å². The summed E-state index contributed by atoms with van der Waals surface area (Å²) in [6.07, 6.45) is 1.70. The average Bonchev–Trinajstić information content (AvgIpc) is 3.05. The van der Waals surface area contributed by atoms with E-state index >= 15 is 0 Å². The van der Waals surface area contributed by atoms with Crippen LogP contribution < -0.4 is 15.2 Å². The minimum Gasteiger partial charge on any atom is -0.497 e. The van der Waals surface area contributed by atoms with Gasteiger partial charge >= 0.3 is 0 Å². The first-order valence-corrected chi connectivity index (χ1v) is 11.0. The van der Waals surface area contributed by atoms with Gasteiger partial charge < -0.3 is 9.64 Å². The van der Waals surface area contributed by atoms with Crippen molar-refractivity contribution in [3.8, 4) is 11.4 Å². The first-order chi connectivity index (χ1) is 15.5. The van der Waals surface area contributed by atoms with E-state index in [1.54, 1.807) is 54.0 Å². The van der Waals surface area contributed by atoms with Gasteiger partial charge in [0.2, 0.25) is 0 Å². The number of hydrogen-bond donors (Lipinski definition) is 0. The molecular formula is C25H18IN3O3. The highest BCUT2D eigenvalue weighted by atomic mass is 127. The van der Waals surface area contributed by atoms with E-state index in [9.17, 15) is 9.59 Å². The van der Waals surface area contributed by atoms with Crippen molar-refractivity contribution in [1.29, 1.82) is 0 Å². The van der Waals surface area contributed by atoms with E-state index in [0.29, 0.717) is 33.7 Å². The fourth-order valence-corrected chi connectivity index (χ4v) is 4.41. The maximum atomic E-state index is 13.6. The van der Waals surface area contributed by atoms with Crippen molar-refractivity contribution >= 4 is 56.7 Å². The Kier molecular flexibility index (Phi) is 5.05. The first kappa shape index (κ1) is 20.4. The van der Waals surface area contributed by atoms with Gasteiger partial charge in [0.25, 0.3) is 11.5 Å². The van der Waals surface area contributed by atoms with Crippen molar-refractivity contribution in [3.63, 3.8) is 0 Å². The van der Waals surface area contributed by atoms with Crippen LogP contribution in [0.5, 0.6) is 5.75 Å². The summed E-state index contributed by atoms with van der Waals surface area (Å²) in [6, 6.07) is 20.4. The second kappa shape index (κ2) is 7.90. The molecule has 3 aromatic carbocycles. The lowest BCUT2D eigenvalue weighted by molar-refractivity contribution is -0.112. The summed E-state index contributed by atoms with van der Waals surface area (Å²) in [5.41, 5.74) is 3.18. The lowest BCUT2D eigenvalue weighted by atomic mass is 10.1. The Balaban J connectivity index is 1.81. The van der Waals surface area contributed by atoms with Crippen LogP contribution in [-0.2, 0) is 4.79 Å². The van der Waals surface area contributed by atoms with Gasteiger partial charge in [0.15, 0.2) is 0 Å². The molecule has 2 heterocycles. The number of benzene rings is 3. The maximum absolute atomic E-state index is 13.6. The molecule has 0 spiro atoms. The smallest absolute Gasteiger partial charge is 0.266 e. The molecule has 0 aliphatic carbocycles. The zero-order valence-electron chi connectivity index (χ0n) is 17.4. The van der Waals surface area contributed by atoms with Crippen molar-refractivity contribution in [2.45, 2.75) is 0 Å². The number of rotatable bonds is 3. The van der Waals surface area contributed by atoms with Gasteiger partial charge in [-0.15, -0.1) is 0 Å². The summed E-state index contributed by atoms with van der Waals surface area (Å²) in [7, 11) is 3.34. The molecule has 0 radical (unpaired) electrons. The minimum absolute atomic E-state index is 0.135. The molecule has 0 atom stereocenters. The van der Waals surface area contributed by atoms with Crippen molar-refractivity contribution in [2.24, 2.45) is 0 Å². The van der Waals surface area contributed by atoms with Crippen molar-refractivity contribution in [2.75, 3.05) is 19.1 Å². The number of para-hydroxylation sites is 1. The van der Waals surface area contributed by atoms with Crippen LogP contribution in [0.15, 0.2) is 71.5 Å². The number of ether oxygens (including phenoxy) is 1. The number of anilines is 1. The van der Waals surface area contributed by atoms with Crippen LogP contribution in [0, 0.1) is 3.57 Å². The van der Waals surface area contributed by atoms with Gasteiger partial charge in [-0.05, 0) is 77.2 Å². The third kappa shape index (κ3) is 3.29. The predicted octanol–water partition coefficient (Wildman–Crippen LogP) is 4.52. The molecule has 0 saturated heterocycles. The van der Waals surface area contributed by atoms with Crippen LogP contribution in [0.1, 0.15) is 11.4 Å². The average molecular weight is 535 g/mol. The number of carbonyl (C=O) groups excluding carboxylic acids is 1. The van der Waals surface area contributed by atoms with Gasteiger partial charge in [0, 0.05) is 16.2 Å². The Morgan fingerprint density at radius 3 is 2.50 bits per heavy atom. The Labute approximate surface area is 197 Å². The topological polar surface area (TPSA) is 64.4 Å². The Bertz CT molecular complexity index is 1470. The molecule has 4 aromatic rings. The van der Waals surface area contributed by atoms with Crippen LogP contribution in [0.4, 0.5) is 5.69 Å². The Hall–Kier alpha value is -3.46. The predicted molar refractivity (Wildman–Crippen MR) is 134 cm³/mol. The van der Waals surface area contributed by atoms with E-state index in [1.807, 2.05) is 42.5 Å². The van der Waals surface area contributed by atoms with Gasteiger partial charge in [-0.1, -0.05) is 18.2 Å². The number of carbonyl (C=O) groups is 1. The monoisotopic (exact) mass is 535 g/mol. The third-order valence-electron chi connectivity index (χ3n) is 5.55. The van der Waals surface area contributed by atoms with E-state index in [1.165, 1.54) is 0 Å². The zero-order chi connectivity index (χ0) is 22.4. The lowest BCUT2D eigenvalue weighted by Crippen LogP contribution is -2.23. The molecule has 6 nitrogen and oxygen atoms in total. The zero-order valence-corrected chi connectivity index (χ0v) is 19.5. The van der Waals surface area contributed by atoms with Crippen LogP contribution in [-0.4, -0.2) is 29.6 Å². The molecule has 1 aromatic heterocycles. The molecule has 1 aliphatic rings. The normalized spacial score (nSPS) is 14.3. The Morgan fingerprint density at radius 2 is 1.75 bits per heavy atom. The highest BCUT2D eigenvalue weighted by molar-refractivity contribution is 14.1. The quantitative estimate of drug-likeness (QED) is 0.286. The second-order valence-electron chi connectivity index (χ2n) is 7.41. The molecule has 5 rings (SSSR count). The highest BCUT2D eigenvalue weighted by Gasteiger charge is 2.29. The molecule has 1 aliphatic heterocycles. The molecule has 7 heteroatoms. The number of fused-ring (bicyclic) bond motifs is 2. The number of likely N-dealkylation sites (N-methyl/N-ethyl adjacent to an activating group) is 1. The Morgan fingerprint density at radius 1 is 1.00 bits per heavy atom. The van der Waals surface area contributed by atoms with E-state index < -0.39 is 0 Å². The van der Waals surface area contributed by atoms with E-state index in [-0.39, 0.29) is 11.5 Å². The number of halogens is 1. The molecule has 0 bridgehead atoms. The van der Waals surface area contributed by atoms with Crippen molar-refractivity contribution < 1.29 is 9.53 Å². The lowest BCUT2D eigenvalue weighted by Gasteiger charge is -2.13. The molecule has 158 valence electrons. The summed E-state index contributed by atoms with van der Waals surface area (Å²) in [5, 5.41) is 0.519. The van der Waals surface area contributed by atoms with Crippen LogP contribution in [0.3, 0.4) is 0 Å². The number of nitrogens with zero attached hydrogens (tertiary/aromatic N) is 3. The van der Waals surface area contributed by atoms with Crippen LogP contribution in [0.2, 0.25) is 0 Å². The summed E-state index contributed by atoms with van der Waals surface area (Å²) in [5.74, 6) is 0.943. The van der Waals surface area contributed by atoms with Crippen LogP contribution >= 0.6 is 22.6 Å². The molecule has 1 amide bonds. The van der Waals surface area contributed by atoms with Crippen LogP contribution in [0.25, 0.3) is 28.2 Å². The van der Waals surface area contributed by atoms with Gasteiger partial charge in [0.1, 0.15) is 11.6 Å². The minimum atomic E-state index is -0.197. The van der Waals surface area contributed by atoms with E-state index in [0.717, 1.165) is 14.8 Å². The van der Waals surface area contributed by atoms with E-state index in [2.05, 4.69) is 22.6 Å². The molecule has 0 unspecified atom stereocenters. The van der Waals surface area contributed by atoms with Crippen molar-refractivity contribution in [1.82, 2.24) is 9.55 Å². The summed E-state index contributed by atoms with van der Waals surface area (Å²) >= 11 is 2.18. The van der Waals surface area contributed by atoms with Gasteiger partial charge in [0.05, 0.1) is 35.0 Å².